The van der Waals surface area contributed by atoms with E-state index in [0.29, 0.717) is 24.3 Å². The van der Waals surface area contributed by atoms with Crippen LogP contribution in [0, 0.1) is 0 Å². The zero-order valence-electron chi connectivity index (χ0n) is 9.19. The molecule has 0 saturated heterocycles. The van der Waals surface area contributed by atoms with Crippen molar-refractivity contribution in [2.75, 3.05) is 0 Å². The molecule has 1 aliphatic rings. The number of hydrogen-bond acceptors (Lipinski definition) is 4. The van der Waals surface area contributed by atoms with Crippen LogP contribution in [0.2, 0.25) is 0 Å². The first-order chi connectivity index (χ1) is 8.33. The molecule has 0 amide bonds. The van der Waals surface area contributed by atoms with Gasteiger partial charge in [-0.05, 0) is 25.0 Å². The van der Waals surface area contributed by atoms with Crippen LogP contribution >= 0.6 is 15.9 Å². The minimum atomic E-state index is 0.630. The topological polar surface area (TPSA) is 51.0 Å². The Bertz CT molecular complexity index is 522. The molecule has 0 bridgehead atoms. The summed E-state index contributed by atoms with van der Waals surface area (Å²) in [6.45, 7) is 0.655. The highest BCUT2D eigenvalue weighted by molar-refractivity contribution is 9.10. The van der Waals surface area contributed by atoms with Crippen molar-refractivity contribution in [1.29, 1.82) is 0 Å². The van der Waals surface area contributed by atoms with Gasteiger partial charge in [-0.3, -0.25) is 0 Å². The number of nitrogens with zero attached hydrogens (tertiary/aromatic N) is 2. The molecule has 17 heavy (non-hydrogen) atoms. The molecule has 1 saturated carbocycles. The van der Waals surface area contributed by atoms with Crippen molar-refractivity contribution in [2.45, 2.75) is 25.4 Å². The number of rotatable bonds is 4. The van der Waals surface area contributed by atoms with Gasteiger partial charge in [0.05, 0.1) is 6.54 Å². The van der Waals surface area contributed by atoms with E-state index in [1.807, 2.05) is 24.3 Å². The standard InChI is InChI=1S/C12H12BrN3O/c13-10-4-2-1-3-9(10)12-15-11(17-16-12)7-14-8-5-6-8/h1-4,8,14H,5-7H2. The lowest BCUT2D eigenvalue weighted by Crippen LogP contribution is -2.15. The summed E-state index contributed by atoms with van der Waals surface area (Å²) in [6.07, 6.45) is 2.51. The predicted molar refractivity (Wildman–Crippen MR) is 67.3 cm³/mol. The highest BCUT2D eigenvalue weighted by Gasteiger charge is 2.21. The molecule has 1 aliphatic carbocycles. The lowest BCUT2D eigenvalue weighted by molar-refractivity contribution is 0.367. The molecule has 88 valence electrons. The van der Waals surface area contributed by atoms with Gasteiger partial charge in [0.1, 0.15) is 0 Å². The summed E-state index contributed by atoms with van der Waals surface area (Å²) in [5.74, 6) is 1.27. The number of benzene rings is 1. The van der Waals surface area contributed by atoms with E-state index >= 15 is 0 Å². The van der Waals surface area contributed by atoms with Crippen LogP contribution in [0.25, 0.3) is 11.4 Å². The van der Waals surface area contributed by atoms with Crippen LogP contribution in [0.1, 0.15) is 18.7 Å². The Balaban J connectivity index is 1.77. The molecule has 0 aliphatic heterocycles. The number of nitrogens with one attached hydrogen (secondary N) is 1. The predicted octanol–water partition coefficient (Wildman–Crippen LogP) is 2.75. The quantitative estimate of drug-likeness (QED) is 0.942. The number of halogens is 1. The van der Waals surface area contributed by atoms with Crippen molar-refractivity contribution < 1.29 is 4.52 Å². The third-order valence-corrected chi connectivity index (χ3v) is 3.39. The van der Waals surface area contributed by atoms with Crippen molar-refractivity contribution in [3.63, 3.8) is 0 Å². The van der Waals surface area contributed by atoms with E-state index in [4.69, 9.17) is 4.52 Å². The lowest BCUT2D eigenvalue weighted by Gasteiger charge is -1.97. The third kappa shape index (κ3) is 2.56. The second kappa shape index (κ2) is 4.58. The van der Waals surface area contributed by atoms with E-state index in [9.17, 15) is 0 Å². The zero-order valence-corrected chi connectivity index (χ0v) is 10.8. The van der Waals surface area contributed by atoms with Crippen LogP contribution in [0.3, 0.4) is 0 Å². The molecule has 3 rings (SSSR count). The molecule has 1 heterocycles. The van der Waals surface area contributed by atoms with Gasteiger partial charge < -0.3 is 9.84 Å². The second-order valence-corrected chi connectivity index (χ2v) is 5.00. The fraction of sp³-hybridized carbons (Fsp3) is 0.333. The molecule has 5 heteroatoms. The van der Waals surface area contributed by atoms with E-state index < -0.39 is 0 Å². The van der Waals surface area contributed by atoms with E-state index in [0.717, 1.165) is 10.0 Å². The molecule has 1 N–H and O–H groups in total. The van der Waals surface area contributed by atoms with Gasteiger partial charge in [-0.15, -0.1) is 0 Å². The highest BCUT2D eigenvalue weighted by atomic mass is 79.9. The Morgan fingerprint density at radius 3 is 2.94 bits per heavy atom. The van der Waals surface area contributed by atoms with Gasteiger partial charge in [-0.1, -0.05) is 33.2 Å². The molecule has 4 nitrogen and oxygen atoms in total. The normalized spacial score (nSPS) is 15.1. The van der Waals surface area contributed by atoms with Crippen LogP contribution in [-0.2, 0) is 6.54 Å². The van der Waals surface area contributed by atoms with Gasteiger partial charge in [-0.2, -0.15) is 4.98 Å². The molecule has 1 aromatic heterocycles. The maximum Gasteiger partial charge on any atom is 0.240 e. The molecule has 1 aromatic carbocycles. The van der Waals surface area contributed by atoms with Crippen molar-refractivity contribution in [3.8, 4) is 11.4 Å². The van der Waals surface area contributed by atoms with Crippen LogP contribution in [-0.4, -0.2) is 16.2 Å². The third-order valence-electron chi connectivity index (χ3n) is 2.70. The Labute approximate surface area is 108 Å². The minimum Gasteiger partial charge on any atom is -0.338 e. The summed E-state index contributed by atoms with van der Waals surface area (Å²) in [4.78, 5) is 4.37. The zero-order chi connectivity index (χ0) is 11.7. The van der Waals surface area contributed by atoms with Crippen molar-refractivity contribution in [1.82, 2.24) is 15.5 Å². The van der Waals surface area contributed by atoms with Crippen LogP contribution < -0.4 is 5.32 Å². The molecule has 1 fully saturated rings. The van der Waals surface area contributed by atoms with Gasteiger partial charge >= 0.3 is 0 Å². The first-order valence-corrected chi connectivity index (χ1v) is 6.43. The Morgan fingerprint density at radius 1 is 1.35 bits per heavy atom. The maximum absolute atomic E-state index is 5.21. The number of aromatic nitrogens is 2. The number of hydrogen-bond donors (Lipinski definition) is 1. The highest BCUT2D eigenvalue weighted by Crippen LogP contribution is 2.25. The molecule has 0 unspecified atom stereocenters. The largest absolute Gasteiger partial charge is 0.338 e. The first-order valence-electron chi connectivity index (χ1n) is 5.64. The fourth-order valence-electron chi connectivity index (χ4n) is 1.60. The summed E-state index contributed by atoms with van der Waals surface area (Å²) in [7, 11) is 0. The van der Waals surface area contributed by atoms with E-state index in [1.165, 1.54) is 12.8 Å². The Hall–Kier alpha value is -1.20. The minimum absolute atomic E-state index is 0.630. The van der Waals surface area contributed by atoms with Crippen molar-refractivity contribution in [3.05, 3.63) is 34.6 Å². The van der Waals surface area contributed by atoms with Gasteiger partial charge in [0.25, 0.3) is 0 Å². The van der Waals surface area contributed by atoms with Crippen LogP contribution in [0.4, 0.5) is 0 Å². The Kier molecular flexibility index (Phi) is 2.94. The summed E-state index contributed by atoms with van der Waals surface area (Å²) in [5.41, 5.74) is 0.953. The average Bonchev–Trinajstić information content (AvgIpc) is 3.06. The summed E-state index contributed by atoms with van der Waals surface area (Å²) in [6, 6.07) is 8.50. The molecular weight excluding hydrogens is 282 g/mol. The van der Waals surface area contributed by atoms with Crippen LogP contribution in [0.5, 0.6) is 0 Å². The Morgan fingerprint density at radius 2 is 2.18 bits per heavy atom. The molecule has 0 atom stereocenters. The van der Waals surface area contributed by atoms with Gasteiger partial charge in [0, 0.05) is 16.1 Å². The summed E-state index contributed by atoms with van der Waals surface area (Å²) >= 11 is 3.48. The van der Waals surface area contributed by atoms with Crippen LogP contribution in [0.15, 0.2) is 33.3 Å². The molecular formula is C12H12BrN3O. The fourth-order valence-corrected chi connectivity index (χ4v) is 2.06. The summed E-state index contributed by atoms with van der Waals surface area (Å²) < 4.78 is 6.18. The van der Waals surface area contributed by atoms with Gasteiger partial charge in [0.2, 0.25) is 11.7 Å². The van der Waals surface area contributed by atoms with Crippen molar-refractivity contribution in [2.24, 2.45) is 0 Å². The van der Waals surface area contributed by atoms with Gasteiger partial charge in [-0.25, -0.2) is 0 Å². The lowest BCUT2D eigenvalue weighted by atomic mass is 10.2. The maximum atomic E-state index is 5.21. The van der Waals surface area contributed by atoms with E-state index in [1.54, 1.807) is 0 Å². The smallest absolute Gasteiger partial charge is 0.240 e. The molecule has 0 radical (unpaired) electrons. The average molecular weight is 294 g/mol. The van der Waals surface area contributed by atoms with Crippen molar-refractivity contribution >= 4 is 15.9 Å². The monoisotopic (exact) mass is 293 g/mol. The second-order valence-electron chi connectivity index (χ2n) is 4.15. The van der Waals surface area contributed by atoms with E-state index in [-0.39, 0.29) is 0 Å². The van der Waals surface area contributed by atoms with E-state index in [2.05, 4.69) is 31.4 Å². The SMILES string of the molecule is Brc1ccccc1-c1noc(CNC2CC2)n1. The van der Waals surface area contributed by atoms with Gasteiger partial charge in [0.15, 0.2) is 0 Å². The first kappa shape index (κ1) is 10.9. The molecule has 2 aromatic rings. The summed E-state index contributed by atoms with van der Waals surface area (Å²) in [5, 5.41) is 7.33. The molecule has 0 spiro atoms.